The highest BCUT2D eigenvalue weighted by atomic mass is 16.1. The molecule has 3 nitrogen and oxygen atoms in total. The molecule has 1 aromatic carbocycles. The number of carbonyl (C=O) groups is 1. The van der Waals surface area contributed by atoms with Crippen molar-refractivity contribution in [3.8, 4) is 0 Å². The zero-order valence-corrected chi connectivity index (χ0v) is 16.1. The SMILES string of the molecule is CC.CC(C)c1ccccn1.CNC(=O)c1ccc(C(C)C)cc1. The summed E-state index contributed by atoms with van der Waals surface area (Å²) < 4.78 is 0. The van der Waals surface area contributed by atoms with Crippen LogP contribution < -0.4 is 5.32 Å². The number of amides is 1. The average molecular weight is 329 g/mol. The van der Waals surface area contributed by atoms with Crippen LogP contribution in [0, 0.1) is 0 Å². The zero-order valence-electron chi connectivity index (χ0n) is 16.1. The molecule has 2 rings (SSSR count). The molecule has 1 amide bonds. The Labute approximate surface area is 147 Å². The number of hydrogen-bond donors (Lipinski definition) is 1. The van der Waals surface area contributed by atoms with E-state index in [1.54, 1.807) is 7.05 Å². The summed E-state index contributed by atoms with van der Waals surface area (Å²) in [4.78, 5) is 15.4. The maximum Gasteiger partial charge on any atom is 0.251 e. The highest BCUT2D eigenvalue weighted by Crippen LogP contribution is 2.14. The fraction of sp³-hybridized carbons (Fsp3) is 0.429. The number of carbonyl (C=O) groups excluding carboxylic acids is 1. The minimum atomic E-state index is -0.0321. The van der Waals surface area contributed by atoms with E-state index in [4.69, 9.17) is 0 Å². The van der Waals surface area contributed by atoms with E-state index < -0.39 is 0 Å². The van der Waals surface area contributed by atoms with Gasteiger partial charge in [0.25, 0.3) is 5.91 Å². The highest BCUT2D eigenvalue weighted by molar-refractivity contribution is 5.93. The van der Waals surface area contributed by atoms with Gasteiger partial charge in [-0.3, -0.25) is 9.78 Å². The minimum Gasteiger partial charge on any atom is -0.355 e. The van der Waals surface area contributed by atoms with Crippen LogP contribution in [0.25, 0.3) is 0 Å². The number of benzene rings is 1. The lowest BCUT2D eigenvalue weighted by atomic mass is 10.0. The second-order valence-corrected chi connectivity index (χ2v) is 5.77. The quantitative estimate of drug-likeness (QED) is 0.819. The van der Waals surface area contributed by atoms with Crippen molar-refractivity contribution in [3.63, 3.8) is 0 Å². The van der Waals surface area contributed by atoms with Gasteiger partial charge >= 0.3 is 0 Å². The zero-order chi connectivity index (χ0) is 18.5. The molecule has 3 heteroatoms. The molecular formula is C21H32N2O. The molecule has 2 aromatic rings. The van der Waals surface area contributed by atoms with E-state index in [0.717, 1.165) is 5.69 Å². The van der Waals surface area contributed by atoms with Gasteiger partial charge in [-0.05, 0) is 41.7 Å². The molecule has 132 valence electrons. The van der Waals surface area contributed by atoms with Crippen LogP contribution in [0.15, 0.2) is 48.7 Å². The minimum absolute atomic E-state index is 0.0321. The molecular weight excluding hydrogens is 296 g/mol. The van der Waals surface area contributed by atoms with Gasteiger partial charge in [-0.2, -0.15) is 0 Å². The molecule has 0 saturated heterocycles. The Morgan fingerprint density at radius 3 is 1.83 bits per heavy atom. The van der Waals surface area contributed by atoms with E-state index in [0.29, 0.717) is 17.4 Å². The normalized spacial score (nSPS) is 9.54. The summed E-state index contributed by atoms with van der Waals surface area (Å²) in [7, 11) is 1.64. The highest BCUT2D eigenvalue weighted by Gasteiger charge is 2.03. The van der Waals surface area contributed by atoms with Crippen LogP contribution in [0.5, 0.6) is 0 Å². The number of rotatable bonds is 3. The summed E-state index contributed by atoms with van der Waals surface area (Å²) in [5.74, 6) is 1.03. The molecule has 24 heavy (non-hydrogen) atoms. The fourth-order valence-corrected chi connectivity index (χ4v) is 1.88. The molecule has 0 atom stereocenters. The number of pyridine rings is 1. The molecule has 0 aliphatic heterocycles. The van der Waals surface area contributed by atoms with E-state index >= 15 is 0 Å². The Bertz CT molecular complexity index is 560. The molecule has 0 radical (unpaired) electrons. The number of hydrogen-bond acceptors (Lipinski definition) is 2. The van der Waals surface area contributed by atoms with Gasteiger partial charge < -0.3 is 5.32 Å². The lowest BCUT2D eigenvalue weighted by Gasteiger charge is -2.05. The molecule has 1 N–H and O–H groups in total. The average Bonchev–Trinajstić information content (AvgIpc) is 2.64. The van der Waals surface area contributed by atoms with Gasteiger partial charge in [0.2, 0.25) is 0 Å². The van der Waals surface area contributed by atoms with Crippen LogP contribution >= 0.6 is 0 Å². The Balaban J connectivity index is 0.000000420. The van der Waals surface area contributed by atoms with Crippen molar-refractivity contribution in [2.24, 2.45) is 0 Å². The predicted octanol–water partition coefficient (Wildman–Crippen LogP) is 5.40. The van der Waals surface area contributed by atoms with Crippen molar-refractivity contribution in [2.75, 3.05) is 7.05 Å². The largest absolute Gasteiger partial charge is 0.355 e. The second-order valence-electron chi connectivity index (χ2n) is 5.77. The summed E-state index contributed by atoms with van der Waals surface area (Å²) in [6.45, 7) is 12.6. The lowest BCUT2D eigenvalue weighted by molar-refractivity contribution is 0.0963. The van der Waals surface area contributed by atoms with Crippen LogP contribution in [0.3, 0.4) is 0 Å². The van der Waals surface area contributed by atoms with E-state index in [2.05, 4.69) is 38.0 Å². The molecule has 0 fully saturated rings. The summed E-state index contributed by atoms with van der Waals surface area (Å²) in [6.07, 6.45) is 1.83. The second kappa shape index (κ2) is 12.3. The molecule has 0 saturated carbocycles. The van der Waals surface area contributed by atoms with E-state index in [-0.39, 0.29) is 5.91 Å². The van der Waals surface area contributed by atoms with Gasteiger partial charge in [-0.25, -0.2) is 0 Å². The first kappa shape index (κ1) is 21.8. The van der Waals surface area contributed by atoms with Crippen LogP contribution in [-0.4, -0.2) is 17.9 Å². The maximum atomic E-state index is 11.2. The van der Waals surface area contributed by atoms with E-state index in [9.17, 15) is 4.79 Å². The smallest absolute Gasteiger partial charge is 0.251 e. The van der Waals surface area contributed by atoms with Gasteiger partial charge in [0.15, 0.2) is 0 Å². The summed E-state index contributed by atoms with van der Waals surface area (Å²) >= 11 is 0. The molecule has 0 aliphatic rings. The molecule has 1 heterocycles. The van der Waals surface area contributed by atoms with Gasteiger partial charge in [-0.15, -0.1) is 0 Å². The van der Waals surface area contributed by atoms with Gasteiger partial charge in [0.05, 0.1) is 0 Å². The van der Waals surface area contributed by atoms with Gasteiger partial charge in [0.1, 0.15) is 0 Å². The third kappa shape index (κ3) is 7.91. The Morgan fingerprint density at radius 1 is 0.917 bits per heavy atom. The fourth-order valence-electron chi connectivity index (χ4n) is 1.88. The van der Waals surface area contributed by atoms with Crippen LogP contribution in [-0.2, 0) is 0 Å². The molecule has 0 spiro atoms. The lowest BCUT2D eigenvalue weighted by Crippen LogP contribution is -2.17. The predicted molar refractivity (Wildman–Crippen MR) is 104 cm³/mol. The summed E-state index contributed by atoms with van der Waals surface area (Å²) in [6, 6.07) is 13.7. The Hall–Kier alpha value is -2.16. The molecule has 1 aromatic heterocycles. The monoisotopic (exact) mass is 328 g/mol. The van der Waals surface area contributed by atoms with Crippen LogP contribution in [0.4, 0.5) is 0 Å². The Morgan fingerprint density at radius 2 is 1.50 bits per heavy atom. The van der Waals surface area contributed by atoms with Gasteiger partial charge in [-0.1, -0.05) is 59.7 Å². The van der Waals surface area contributed by atoms with Crippen molar-refractivity contribution in [1.29, 1.82) is 0 Å². The summed E-state index contributed by atoms with van der Waals surface area (Å²) in [5.41, 5.74) is 3.14. The molecule has 0 unspecified atom stereocenters. The first-order valence-electron chi connectivity index (χ1n) is 8.68. The Kier molecular flexibility index (Phi) is 11.2. The number of nitrogens with zero attached hydrogens (tertiary/aromatic N) is 1. The number of nitrogens with one attached hydrogen (secondary N) is 1. The van der Waals surface area contributed by atoms with Crippen LogP contribution in [0.1, 0.15) is 75.0 Å². The van der Waals surface area contributed by atoms with Crippen molar-refractivity contribution >= 4 is 5.91 Å². The van der Waals surface area contributed by atoms with Crippen molar-refractivity contribution in [3.05, 3.63) is 65.5 Å². The van der Waals surface area contributed by atoms with Crippen molar-refractivity contribution in [1.82, 2.24) is 10.3 Å². The topological polar surface area (TPSA) is 42.0 Å². The first-order chi connectivity index (χ1) is 11.5. The first-order valence-corrected chi connectivity index (χ1v) is 8.68. The maximum absolute atomic E-state index is 11.2. The van der Waals surface area contributed by atoms with Crippen LogP contribution in [0.2, 0.25) is 0 Å². The van der Waals surface area contributed by atoms with Gasteiger partial charge in [0, 0.05) is 24.5 Å². The van der Waals surface area contributed by atoms with E-state index in [1.165, 1.54) is 5.56 Å². The standard InChI is InChI=1S/C11H15NO.C8H11N.C2H6/c1-8(2)9-4-6-10(7-5-9)11(13)12-3;1-7(2)8-5-3-4-6-9-8;1-2/h4-8H,1-3H3,(H,12,13);3-7H,1-2H3;1-2H3. The molecule has 0 bridgehead atoms. The van der Waals surface area contributed by atoms with Crippen molar-refractivity contribution < 1.29 is 4.79 Å². The van der Waals surface area contributed by atoms with Crippen molar-refractivity contribution in [2.45, 2.75) is 53.4 Å². The molecule has 0 aliphatic carbocycles. The third-order valence-electron chi connectivity index (χ3n) is 3.35. The number of aromatic nitrogens is 1. The van der Waals surface area contributed by atoms with E-state index in [1.807, 2.05) is 62.5 Å². The third-order valence-corrected chi connectivity index (χ3v) is 3.35. The summed E-state index contributed by atoms with van der Waals surface area (Å²) in [5, 5.41) is 2.59.